The van der Waals surface area contributed by atoms with Crippen molar-refractivity contribution in [3.8, 4) is 0 Å². The lowest BCUT2D eigenvalue weighted by molar-refractivity contribution is -0.130. The van der Waals surface area contributed by atoms with E-state index in [4.69, 9.17) is 0 Å². The maximum Gasteiger partial charge on any atom is 0.241 e. The number of anilines is 1. The second-order valence-corrected chi connectivity index (χ2v) is 3.87. The van der Waals surface area contributed by atoms with Crippen LogP contribution in [-0.2, 0) is 4.79 Å². The van der Waals surface area contributed by atoms with Crippen LogP contribution in [0, 0.1) is 0 Å². The lowest BCUT2D eigenvalue weighted by Gasteiger charge is -2.26. The molecule has 0 aliphatic carbocycles. The van der Waals surface area contributed by atoms with Gasteiger partial charge < -0.3 is 10.2 Å². The molecule has 1 aromatic heterocycles. The highest BCUT2D eigenvalue weighted by Crippen LogP contribution is 2.08. The van der Waals surface area contributed by atoms with Gasteiger partial charge in [0, 0.05) is 25.5 Å². The molecule has 0 radical (unpaired) electrons. The molecule has 0 unspecified atom stereocenters. The fourth-order valence-corrected chi connectivity index (χ4v) is 1.80. The maximum absolute atomic E-state index is 11.8. The minimum absolute atomic E-state index is 0.132. The molecule has 86 valence electrons. The number of aromatic nitrogens is 2. The van der Waals surface area contributed by atoms with Crippen molar-refractivity contribution in [1.29, 1.82) is 0 Å². The van der Waals surface area contributed by atoms with Gasteiger partial charge in [0.2, 0.25) is 11.9 Å². The van der Waals surface area contributed by atoms with Gasteiger partial charge in [0.1, 0.15) is 0 Å². The van der Waals surface area contributed by atoms with E-state index in [1.807, 2.05) is 4.90 Å². The average molecular weight is 220 g/mol. The van der Waals surface area contributed by atoms with Crippen LogP contribution >= 0.6 is 0 Å². The van der Waals surface area contributed by atoms with Gasteiger partial charge in [-0.25, -0.2) is 9.97 Å². The average Bonchev–Trinajstić information content (AvgIpc) is 2.38. The summed E-state index contributed by atoms with van der Waals surface area (Å²) in [5.74, 6) is 0.639. The Bertz CT molecular complexity index is 335. The molecule has 5 nitrogen and oxygen atoms in total. The predicted molar refractivity (Wildman–Crippen MR) is 61.0 cm³/mol. The van der Waals surface area contributed by atoms with E-state index >= 15 is 0 Å². The van der Waals surface area contributed by atoms with Crippen molar-refractivity contribution in [3.63, 3.8) is 0 Å². The molecule has 1 aliphatic rings. The zero-order chi connectivity index (χ0) is 11.2. The van der Waals surface area contributed by atoms with Gasteiger partial charge in [-0.15, -0.1) is 0 Å². The lowest BCUT2D eigenvalue weighted by atomic mass is 10.1. The van der Waals surface area contributed by atoms with Gasteiger partial charge in [0.15, 0.2) is 0 Å². The van der Waals surface area contributed by atoms with Gasteiger partial charge in [-0.05, 0) is 25.3 Å². The van der Waals surface area contributed by atoms with Crippen molar-refractivity contribution in [2.75, 3.05) is 25.0 Å². The van der Waals surface area contributed by atoms with E-state index in [0.717, 1.165) is 25.9 Å². The molecule has 1 aromatic rings. The van der Waals surface area contributed by atoms with Gasteiger partial charge in [0.25, 0.3) is 0 Å². The van der Waals surface area contributed by atoms with Crippen LogP contribution in [0.1, 0.15) is 19.3 Å². The molecule has 0 aromatic carbocycles. The number of nitrogens with one attached hydrogen (secondary N) is 1. The van der Waals surface area contributed by atoms with Crippen molar-refractivity contribution in [2.24, 2.45) is 0 Å². The smallest absolute Gasteiger partial charge is 0.241 e. The Morgan fingerprint density at radius 1 is 1.25 bits per heavy atom. The summed E-state index contributed by atoms with van der Waals surface area (Å²) in [6, 6.07) is 1.75. The molecule has 0 saturated carbocycles. The molecule has 0 spiro atoms. The number of carbonyl (C=O) groups excluding carboxylic acids is 1. The van der Waals surface area contributed by atoms with E-state index in [-0.39, 0.29) is 12.5 Å². The first-order valence-corrected chi connectivity index (χ1v) is 5.65. The van der Waals surface area contributed by atoms with Gasteiger partial charge in [-0.2, -0.15) is 0 Å². The number of amides is 1. The maximum atomic E-state index is 11.8. The van der Waals surface area contributed by atoms with Crippen LogP contribution in [0.5, 0.6) is 0 Å². The number of carbonyl (C=O) groups is 1. The number of rotatable bonds is 3. The van der Waals surface area contributed by atoms with Crippen molar-refractivity contribution < 1.29 is 4.79 Å². The zero-order valence-corrected chi connectivity index (χ0v) is 9.22. The third-order valence-electron chi connectivity index (χ3n) is 2.67. The molecule has 1 aliphatic heterocycles. The molecule has 1 N–H and O–H groups in total. The highest BCUT2D eigenvalue weighted by Gasteiger charge is 2.15. The Balaban J connectivity index is 1.79. The molecule has 16 heavy (non-hydrogen) atoms. The van der Waals surface area contributed by atoms with Crippen molar-refractivity contribution >= 4 is 11.9 Å². The minimum Gasteiger partial charge on any atom is -0.345 e. The van der Waals surface area contributed by atoms with E-state index in [9.17, 15) is 4.79 Å². The molecular formula is C11H16N4O. The predicted octanol–water partition coefficient (Wildman–Crippen LogP) is 0.901. The second kappa shape index (κ2) is 5.44. The van der Waals surface area contributed by atoms with Crippen LogP contribution in [0.25, 0.3) is 0 Å². The van der Waals surface area contributed by atoms with Crippen LogP contribution < -0.4 is 5.32 Å². The molecule has 1 amide bonds. The van der Waals surface area contributed by atoms with Crippen LogP contribution in [0.4, 0.5) is 5.95 Å². The van der Waals surface area contributed by atoms with E-state index in [0.29, 0.717) is 5.95 Å². The number of likely N-dealkylation sites (tertiary alicyclic amines) is 1. The Morgan fingerprint density at radius 3 is 2.62 bits per heavy atom. The number of nitrogens with zero attached hydrogens (tertiary/aromatic N) is 3. The number of hydrogen-bond donors (Lipinski definition) is 1. The summed E-state index contributed by atoms with van der Waals surface area (Å²) in [5.41, 5.74) is 0. The Kier molecular flexibility index (Phi) is 3.69. The first kappa shape index (κ1) is 10.9. The largest absolute Gasteiger partial charge is 0.345 e. The topological polar surface area (TPSA) is 58.1 Å². The molecule has 1 fully saturated rings. The Morgan fingerprint density at radius 2 is 1.94 bits per heavy atom. The van der Waals surface area contributed by atoms with E-state index < -0.39 is 0 Å². The Labute approximate surface area is 94.9 Å². The molecule has 2 heterocycles. The summed E-state index contributed by atoms with van der Waals surface area (Å²) in [7, 11) is 0. The van der Waals surface area contributed by atoms with Crippen molar-refractivity contribution in [3.05, 3.63) is 18.5 Å². The molecule has 5 heteroatoms. The van der Waals surface area contributed by atoms with E-state index in [2.05, 4.69) is 15.3 Å². The summed E-state index contributed by atoms with van der Waals surface area (Å²) in [6.45, 7) is 2.05. The van der Waals surface area contributed by atoms with Crippen LogP contribution in [0.3, 0.4) is 0 Å². The third-order valence-corrected chi connectivity index (χ3v) is 2.67. The standard InChI is InChI=1S/C11H16N4O/c16-10(15-7-2-1-3-8-15)9-14-11-12-5-4-6-13-11/h4-6H,1-3,7-9H2,(H,12,13,14). The number of piperidine rings is 1. The molecule has 0 atom stereocenters. The minimum atomic E-state index is 0.132. The normalized spacial score (nSPS) is 15.9. The van der Waals surface area contributed by atoms with Crippen molar-refractivity contribution in [1.82, 2.24) is 14.9 Å². The fraction of sp³-hybridized carbons (Fsp3) is 0.545. The molecular weight excluding hydrogens is 204 g/mol. The summed E-state index contributed by atoms with van der Waals surface area (Å²) >= 11 is 0. The van der Waals surface area contributed by atoms with Gasteiger partial charge in [-0.1, -0.05) is 0 Å². The van der Waals surface area contributed by atoms with E-state index in [1.54, 1.807) is 18.5 Å². The quantitative estimate of drug-likeness (QED) is 0.822. The third kappa shape index (κ3) is 2.92. The molecule has 0 bridgehead atoms. The van der Waals surface area contributed by atoms with Gasteiger partial charge >= 0.3 is 0 Å². The highest BCUT2D eigenvalue weighted by molar-refractivity contribution is 5.80. The van der Waals surface area contributed by atoms with Crippen LogP contribution in [0.15, 0.2) is 18.5 Å². The monoisotopic (exact) mass is 220 g/mol. The zero-order valence-electron chi connectivity index (χ0n) is 9.22. The number of hydrogen-bond acceptors (Lipinski definition) is 4. The van der Waals surface area contributed by atoms with Crippen LogP contribution in [-0.4, -0.2) is 40.4 Å². The lowest BCUT2D eigenvalue weighted by Crippen LogP contribution is -2.39. The second-order valence-electron chi connectivity index (χ2n) is 3.87. The SMILES string of the molecule is O=C(CNc1ncccn1)N1CCCCC1. The fourth-order valence-electron chi connectivity index (χ4n) is 1.80. The Hall–Kier alpha value is -1.65. The molecule has 2 rings (SSSR count). The highest BCUT2D eigenvalue weighted by atomic mass is 16.2. The summed E-state index contributed by atoms with van der Waals surface area (Å²) < 4.78 is 0. The van der Waals surface area contributed by atoms with Gasteiger partial charge in [0.05, 0.1) is 6.54 Å². The summed E-state index contributed by atoms with van der Waals surface area (Å²) in [4.78, 5) is 21.7. The van der Waals surface area contributed by atoms with Crippen LogP contribution in [0.2, 0.25) is 0 Å². The van der Waals surface area contributed by atoms with E-state index in [1.165, 1.54) is 6.42 Å². The summed E-state index contributed by atoms with van der Waals surface area (Å²) in [5, 5.41) is 2.93. The first-order chi connectivity index (χ1) is 7.86. The first-order valence-electron chi connectivity index (χ1n) is 5.65. The van der Waals surface area contributed by atoms with Gasteiger partial charge in [-0.3, -0.25) is 4.79 Å². The summed E-state index contributed by atoms with van der Waals surface area (Å²) in [6.07, 6.45) is 6.78. The molecule has 1 saturated heterocycles. The van der Waals surface area contributed by atoms with Crippen molar-refractivity contribution in [2.45, 2.75) is 19.3 Å².